The topological polar surface area (TPSA) is 54.8 Å². The van der Waals surface area contributed by atoms with Gasteiger partial charge in [-0.2, -0.15) is 0 Å². The summed E-state index contributed by atoms with van der Waals surface area (Å²) in [4.78, 5) is 10.0. The Morgan fingerprint density at radius 2 is 1.07 bits per heavy atom. The largest absolute Gasteiger partial charge is 0.456 e. The van der Waals surface area contributed by atoms with Crippen molar-refractivity contribution in [3.05, 3.63) is 211 Å². The first-order valence-electron chi connectivity index (χ1n) is 18.9. The summed E-state index contributed by atoms with van der Waals surface area (Å²) < 4.78 is 8.91. The molecule has 0 bridgehead atoms. The number of benzene rings is 8. The molecule has 5 nitrogen and oxygen atoms in total. The zero-order valence-corrected chi connectivity index (χ0v) is 30.3. The van der Waals surface area contributed by atoms with E-state index in [0.29, 0.717) is 5.84 Å². The predicted molar refractivity (Wildman–Crippen MR) is 231 cm³/mol. The molecule has 5 heteroatoms. The number of fused-ring (bicyclic) bond motifs is 6. The van der Waals surface area contributed by atoms with Crippen LogP contribution < -0.4 is 5.32 Å². The van der Waals surface area contributed by atoms with Gasteiger partial charge in [-0.25, -0.2) is 9.98 Å². The summed E-state index contributed by atoms with van der Waals surface area (Å²) in [7, 11) is 0. The fraction of sp³-hybridized carbons (Fsp3) is 0.0196. The average Bonchev–Trinajstić information content (AvgIpc) is 3.81. The molecule has 0 radical (unpaired) electrons. The van der Waals surface area contributed by atoms with Gasteiger partial charge < -0.3 is 14.3 Å². The Labute approximate surface area is 323 Å². The van der Waals surface area contributed by atoms with Crippen molar-refractivity contribution in [2.45, 2.75) is 6.17 Å². The molecule has 0 amide bonds. The summed E-state index contributed by atoms with van der Waals surface area (Å²) in [5.74, 6) is 1.49. The van der Waals surface area contributed by atoms with Gasteiger partial charge in [0.1, 0.15) is 23.2 Å². The highest BCUT2D eigenvalue weighted by molar-refractivity contribution is 6.14. The summed E-state index contributed by atoms with van der Waals surface area (Å²) in [6, 6.07) is 68.2. The first kappa shape index (κ1) is 32.0. The number of hydrogen-bond acceptors (Lipinski definition) is 4. The SMILES string of the molecule is c1ccc(C2=NC(c3ccc4c(c3)oc3ccc(-c5ccccc5-c5ccc6c7ccccc7n(-c7ccccc7)c6c5)cc34)NC(c3ccccc3)=N2)cc1. The zero-order valence-electron chi connectivity index (χ0n) is 30.3. The number of hydrogen-bond donors (Lipinski definition) is 1. The number of amidine groups is 2. The Morgan fingerprint density at radius 1 is 0.446 bits per heavy atom. The van der Waals surface area contributed by atoms with E-state index in [4.69, 9.17) is 14.4 Å². The molecule has 1 atom stereocenters. The Kier molecular flexibility index (Phi) is 7.49. The van der Waals surface area contributed by atoms with E-state index < -0.39 is 0 Å². The Balaban J connectivity index is 0.987. The van der Waals surface area contributed by atoms with E-state index in [9.17, 15) is 0 Å². The standard InChI is InChI=1S/C51H34N4O/c1-4-14-33(15-5-1)49-52-50(34-16-6-2-7-17-34)54-51(53-49)37-25-28-43-44-30-35(26-29-47(44)56-48(43)32-37)39-20-10-11-21-40(39)36-24-27-42-41-22-12-13-23-45(41)55(46(42)31-36)38-18-8-3-9-19-38/h1-32,51H,(H,52,53,54). The summed E-state index contributed by atoms with van der Waals surface area (Å²) in [5, 5.41) is 8.22. The second-order valence-electron chi connectivity index (χ2n) is 14.2. The van der Waals surface area contributed by atoms with Crippen LogP contribution in [0.15, 0.2) is 209 Å². The molecule has 2 aromatic heterocycles. The number of furan rings is 1. The third-order valence-electron chi connectivity index (χ3n) is 10.9. The van der Waals surface area contributed by atoms with Crippen LogP contribution in [0, 0.1) is 0 Å². The second kappa shape index (κ2) is 13.1. The Bertz CT molecular complexity index is 3160. The van der Waals surface area contributed by atoms with Gasteiger partial charge in [-0.15, -0.1) is 0 Å². The van der Waals surface area contributed by atoms with Crippen molar-refractivity contribution in [2.75, 3.05) is 0 Å². The van der Waals surface area contributed by atoms with Gasteiger partial charge >= 0.3 is 0 Å². The lowest BCUT2D eigenvalue weighted by atomic mass is 9.93. The number of nitrogens with one attached hydrogen (secondary N) is 1. The number of rotatable bonds is 6. The molecule has 0 saturated carbocycles. The summed E-state index contributed by atoms with van der Waals surface area (Å²) in [6.07, 6.45) is -0.337. The molecule has 8 aromatic carbocycles. The third kappa shape index (κ3) is 5.40. The van der Waals surface area contributed by atoms with Gasteiger partial charge in [0, 0.05) is 43.9 Å². The smallest absolute Gasteiger partial charge is 0.159 e. The molecule has 0 saturated heterocycles. The summed E-state index contributed by atoms with van der Waals surface area (Å²) in [5.41, 5.74) is 12.9. The van der Waals surface area contributed by atoms with Crippen LogP contribution in [0.2, 0.25) is 0 Å². The maximum absolute atomic E-state index is 6.54. The van der Waals surface area contributed by atoms with E-state index in [1.54, 1.807) is 0 Å². The van der Waals surface area contributed by atoms with Gasteiger partial charge in [0.05, 0.1) is 11.0 Å². The lowest BCUT2D eigenvalue weighted by molar-refractivity contribution is 0.655. The molecule has 3 heterocycles. The highest BCUT2D eigenvalue weighted by atomic mass is 16.3. The minimum Gasteiger partial charge on any atom is -0.456 e. The van der Waals surface area contributed by atoms with E-state index >= 15 is 0 Å². The molecule has 10 aromatic rings. The van der Waals surface area contributed by atoms with Crippen LogP contribution in [-0.4, -0.2) is 16.2 Å². The van der Waals surface area contributed by atoms with Gasteiger partial charge in [0.25, 0.3) is 0 Å². The molecule has 1 aliphatic rings. The quantitative estimate of drug-likeness (QED) is 0.186. The van der Waals surface area contributed by atoms with Crippen molar-refractivity contribution in [1.29, 1.82) is 0 Å². The zero-order chi connectivity index (χ0) is 37.0. The van der Waals surface area contributed by atoms with Gasteiger partial charge in [-0.05, 0) is 64.7 Å². The van der Waals surface area contributed by atoms with Gasteiger partial charge in [-0.3, -0.25) is 0 Å². The van der Waals surface area contributed by atoms with Crippen molar-refractivity contribution in [2.24, 2.45) is 9.98 Å². The van der Waals surface area contributed by atoms with Crippen LogP contribution in [0.5, 0.6) is 0 Å². The van der Waals surface area contributed by atoms with E-state index in [1.165, 1.54) is 38.5 Å². The molecule has 264 valence electrons. The minimum absolute atomic E-state index is 0.337. The summed E-state index contributed by atoms with van der Waals surface area (Å²) >= 11 is 0. The number of para-hydroxylation sites is 2. The highest BCUT2D eigenvalue weighted by Gasteiger charge is 2.22. The van der Waals surface area contributed by atoms with E-state index in [1.807, 2.05) is 48.5 Å². The fourth-order valence-electron chi connectivity index (χ4n) is 8.19. The van der Waals surface area contributed by atoms with Gasteiger partial charge in [0.15, 0.2) is 5.84 Å². The minimum atomic E-state index is -0.337. The van der Waals surface area contributed by atoms with Crippen molar-refractivity contribution in [3.63, 3.8) is 0 Å². The molecule has 1 aliphatic heterocycles. The van der Waals surface area contributed by atoms with Crippen LogP contribution >= 0.6 is 0 Å². The van der Waals surface area contributed by atoms with Gasteiger partial charge in [0.2, 0.25) is 0 Å². The molecule has 0 fully saturated rings. The number of nitrogens with zero attached hydrogens (tertiary/aromatic N) is 3. The highest BCUT2D eigenvalue weighted by Crippen LogP contribution is 2.40. The van der Waals surface area contributed by atoms with Crippen LogP contribution in [-0.2, 0) is 0 Å². The lowest BCUT2D eigenvalue weighted by Crippen LogP contribution is -2.33. The van der Waals surface area contributed by atoms with E-state index in [2.05, 4.69) is 155 Å². The first-order chi connectivity index (χ1) is 27.7. The maximum Gasteiger partial charge on any atom is 0.159 e. The number of aromatic nitrogens is 1. The Morgan fingerprint density at radius 3 is 1.86 bits per heavy atom. The fourth-order valence-corrected chi connectivity index (χ4v) is 8.19. The third-order valence-corrected chi connectivity index (χ3v) is 10.9. The van der Waals surface area contributed by atoms with Crippen LogP contribution in [0.3, 0.4) is 0 Å². The summed E-state index contributed by atoms with van der Waals surface area (Å²) in [6.45, 7) is 0. The van der Waals surface area contributed by atoms with Gasteiger partial charge in [-0.1, -0.05) is 152 Å². The molecule has 0 spiro atoms. The molecule has 1 unspecified atom stereocenters. The van der Waals surface area contributed by atoms with Crippen LogP contribution in [0.1, 0.15) is 22.9 Å². The molecule has 1 N–H and O–H groups in total. The second-order valence-corrected chi connectivity index (χ2v) is 14.2. The van der Waals surface area contributed by atoms with Crippen molar-refractivity contribution < 1.29 is 4.42 Å². The number of aliphatic imine (C=N–C) groups is 2. The van der Waals surface area contributed by atoms with Crippen LogP contribution in [0.25, 0.3) is 71.7 Å². The normalized spacial score (nSPS) is 14.2. The monoisotopic (exact) mass is 718 g/mol. The van der Waals surface area contributed by atoms with Crippen LogP contribution in [0.4, 0.5) is 0 Å². The molecule has 11 rings (SSSR count). The lowest BCUT2D eigenvalue weighted by Gasteiger charge is -2.23. The first-order valence-corrected chi connectivity index (χ1v) is 18.9. The molecule has 0 aliphatic carbocycles. The van der Waals surface area contributed by atoms with Crippen molar-refractivity contribution >= 4 is 55.4 Å². The Hall–Kier alpha value is -7.50. The predicted octanol–water partition coefficient (Wildman–Crippen LogP) is 12.5. The average molecular weight is 719 g/mol. The van der Waals surface area contributed by atoms with Crippen molar-refractivity contribution in [3.8, 4) is 27.9 Å². The molecule has 56 heavy (non-hydrogen) atoms. The molecular weight excluding hydrogens is 685 g/mol. The maximum atomic E-state index is 6.54. The van der Waals surface area contributed by atoms with E-state index in [0.717, 1.165) is 55.7 Å². The molecular formula is C51H34N4O. The van der Waals surface area contributed by atoms with Crippen molar-refractivity contribution in [1.82, 2.24) is 9.88 Å². The van der Waals surface area contributed by atoms with E-state index in [-0.39, 0.29) is 6.17 Å².